The largest absolute Gasteiger partial charge is 0.0836 e. The summed E-state index contributed by atoms with van der Waals surface area (Å²) in [7, 11) is 0. The monoisotopic (exact) mass is 248 g/mol. The number of allylic oxidation sites excluding steroid dienone is 8. The summed E-state index contributed by atoms with van der Waals surface area (Å²) in [6.45, 7) is 2.20. The van der Waals surface area contributed by atoms with Crippen molar-refractivity contribution in [2.24, 2.45) is 0 Å². The summed E-state index contributed by atoms with van der Waals surface area (Å²) in [6.07, 6.45) is 19.2. The molecule has 0 fully saturated rings. The second-order valence-electron chi connectivity index (χ2n) is 5.43. The van der Waals surface area contributed by atoms with Gasteiger partial charge in [-0.15, -0.1) is 0 Å². The molecule has 1 aromatic rings. The van der Waals surface area contributed by atoms with Crippen LogP contribution >= 0.6 is 0 Å². The van der Waals surface area contributed by atoms with E-state index in [1.807, 2.05) is 0 Å². The molecule has 19 heavy (non-hydrogen) atoms. The summed E-state index contributed by atoms with van der Waals surface area (Å²) in [5.74, 6) is 0.539. The molecular formula is C19H20. The molecular weight excluding hydrogens is 228 g/mol. The molecule has 0 aromatic heterocycles. The van der Waals surface area contributed by atoms with Gasteiger partial charge in [-0.1, -0.05) is 66.3 Å². The topological polar surface area (TPSA) is 0 Å². The number of hydrogen-bond donors (Lipinski definition) is 0. The Kier molecular flexibility index (Phi) is 3.50. The minimum Gasteiger partial charge on any atom is -0.0836 e. The van der Waals surface area contributed by atoms with Gasteiger partial charge in [0.05, 0.1) is 0 Å². The van der Waals surface area contributed by atoms with Crippen molar-refractivity contribution in [1.29, 1.82) is 0 Å². The first-order valence-corrected chi connectivity index (χ1v) is 7.15. The lowest BCUT2D eigenvalue weighted by Gasteiger charge is -2.17. The third kappa shape index (κ3) is 2.78. The van der Waals surface area contributed by atoms with Crippen molar-refractivity contribution in [1.82, 2.24) is 0 Å². The minimum atomic E-state index is 0.539. The lowest BCUT2D eigenvalue weighted by Crippen LogP contribution is -1.98. The molecule has 0 heteroatoms. The zero-order valence-electron chi connectivity index (χ0n) is 11.5. The number of benzene rings is 1. The van der Waals surface area contributed by atoms with Crippen LogP contribution < -0.4 is 0 Å². The SMILES string of the molecule is Cc1cc(C2=CCCC=C2)cc(C2C=CC=CC2)c1. The highest BCUT2D eigenvalue weighted by molar-refractivity contribution is 5.75. The summed E-state index contributed by atoms with van der Waals surface area (Å²) in [5, 5.41) is 0. The van der Waals surface area contributed by atoms with Crippen molar-refractivity contribution >= 4 is 5.57 Å². The van der Waals surface area contributed by atoms with Crippen LogP contribution in [0.25, 0.3) is 5.57 Å². The van der Waals surface area contributed by atoms with Crippen LogP contribution in [0.3, 0.4) is 0 Å². The van der Waals surface area contributed by atoms with Crippen LogP contribution in [-0.4, -0.2) is 0 Å². The van der Waals surface area contributed by atoms with Gasteiger partial charge in [-0.25, -0.2) is 0 Å². The normalized spacial score (nSPS) is 21.5. The highest BCUT2D eigenvalue weighted by Gasteiger charge is 2.11. The first-order valence-electron chi connectivity index (χ1n) is 7.15. The third-order valence-electron chi connectivity index (χ3n) is 3.84. The molecule has 0 bridgehead atoms. The molecule has 0 saturated carbocycles. The van der Waals surface area contributed by atoms with Crippen LogP contribution in [-0.2, 0) is 0 Å². The lowest BCUT2D eigenvalue weighted by atomic mass is 9.88. The molecule has 0 aliphatic heterocycles. The fourth-order valence-corrected chi connectivity index (χ4v) is 2.85. The van der Waals surface area contributed by atoms with Crippen molar-refractivity contribution in [3.8, 4) is 0 Å². The van der Waals surface area contributed by atoms with Crippen molar-refractivity contribution in [3.63, 3.8) is 0 Å². The van der Waals surface area contributed by atoms with Gasteiger partial charge in [-0.2, -0.15) is 0 Å². The second kappa shape index (κ2) is 5.44. The van der Waals surface area contributed by atoms with Gasteiger partial charge < -0.3 is 0 Å². The van der Waals surface area contributed by atoms with Crippen LogP contribution in [0.2, 0.25) is 0 Å². The maximum Gasteiger partial charge on any atom is 0.00560 e. The Morgan fingerprint density at radius 3 is 2.68 bits per heavy atom. The summed E-state index contributed by atoms with van der Waals surface area (Å²) < 4.78 is 0. The molecule has 0 amide bonds. The molecule has 1 unspecified atom stereocenters. The molecule has 0 nitrogen and oxygen atoms in total. The van der Waals surface area contributed by atoms with Gasteiger partial charge in [0, 0.05) is 5.92 Å². The predicted molar refractivity (Wildman–Crippen MR) is 83.2 cm³/mol. The maximum atomic E-state index is 2.36. The van der Waals surface area contributed by atoms with Gasteiger partial charge in [0.15, 0.2) is 0 Å². The number of aryl methyl sites for hydroxylation is 1. The van der Waals surface area contributed by atoms with E-state index in [0.717, 1.165) is 6.42 Å². The Morgan fingerprint density at radius 2 is 1.95 bits per heavy atom. The summed E-state index contributed by atoms with van der Waals surface area (Å²) in [6, 6.07) is 6.99. The highest BCUT2D eigenvalue weighted by atomic mass is 14.2. The first kappa shape index (κ1) is 12.2. The van der Waals surface area contributed by atoms with E-state index in [1.165, 1.54) is 35.1 Å². The Morgan fingerprint density at radius 1 is 1.00 bits per heavy atom. The van der Waals surface area contributed by atoms with Crippen molar-refractivity contribution in [2.45, 2.75) is 32.1 Å². The predicted octanol–water partition coefficient (Wildman–Crippen LogP) is 5.33. The summed E-state index contributed by atoms with van der Waals surface area (Å²) in [5.41, 5.74) is 5.55. The molecule has 1 atom stereocenters. The van der Waals surface area contributed by atoms with Gasteiger partial charge >= 0.3 is 0 Å². The summed E-state index contributed by atoms with van der Waals surface area (Å²) >= 11 is 0. The molecule has 1 aromatic carbocycles. The van der Waals surface area contributed by atoms with E-state index in [1.54, 1.807) is 0 Å². The van der Waals surface area contributed by atoms with Crippen molar-refractivity contribution in [2.75, 3.05) is 0 Å². The Hall–Kier alpha value is -1.82. The summed E-state index contributed by atoms with van der Waals surface area (Å²) in [4.78, 5) is 0. The van der Waals surface area contributed by atoms with Crippen LogP contribution in [0.15, 0.2) is 60.7 Å². The van der Waals surface area contributed by atoms with E-state index in [2.05, 4.69) is 67.7 Å². The van der Waals surface area contributed by atoms with E-state index in [9.17, 15) is 0 Å². The first-order chi connectivity index (χ1) is 9.33. The molecule has 0 saturated heterocycles. The maximum absolute atomic E-state index is 2.36. The minimum absolute atomic E-state index is 0.539. The zero-order chi connectivity index (χ0) is 13.1. The molecule has 96 valence electrons. The van der Waals surface area contributed by atoms with E-state index >= 15 is 0 Å². The van der Waals surface area contributed by atoms with Gasteiger partial charge in [-0.05, 0) is 42.9 Å². The van der Waals surface area contributed by atoms with Crippen LogP contribution in [0.5, 0.6) is 0 Å². The van der Waals surface area contributed by atoms with Crippen LogP contribution in [0.4, 0.5) is 0 Å². The van der Waals surface area contributed by atoms with E-state index in [4.69, 9.17) is 0 Å². The van der Waals surface area contributed by atoms with Gasteiger partial charge in [0.25, 0.3) is 0 Å². The standard InChI is InChI=1S/C19H20/c1-15-12-18(16-8-4-2-5-9-16)14-19(13-15)17-10-6-3-7-11-17/h2,4-6,8,10-14,16H,3,7,9H2,1H3. The third-order valence-corrected chi connectivity index (χ3v) is 3.84. The number of hydrogen-bond acceptors (Lipinski definition) is 0. The molecule has 0 heterocycles. The average molecular weight is 248 g/mol. The fourth-order valence-electron chi connectivity index (χ4n) is 2.85. The van der Waals surface area contributed by atoms with Gasteiger partial charge in [0.2, 0.25) is 0 Å². The molecule has 0 radical (unpaired) electrons. The molecule has 3 rings (SSSR count). The molecule has 2 aliphatic rings. The Balaban J connectivity index is 1.96. The van der Waals surface area contributed by atoms with E-state index in [-0.39, 0.29) is 0 Å². The second-order valence-corrected chi connectivity index (χ2v) is 5.43. The average Bonchev–Trinajstić information content (AvgIpc) is 2.48. The quantitative estimate of drug-likeness (QED) is 0.663. The van der Waals surface area contributed by atoms with Gasteiger partial charge in [0.1, 0.15) is 0 Å². The van der Waals surface area contributed by atoms with Crippen molar-refractivity contribution < 1.29 is 0 Å². The van der Waals surface area contributed by atoms with Crippen LogP contribution in [0.1, 0.15) is 41.9 Å². The molecule has 2 aliphatic carbocycles. The zero-order valence-corrected chi connectivity index (χ0v) is 11.5. The Labute approximate surface area is 115 Å². The number of rotatable bonds is 2. The van der Waals surface area contributed by atoms with E-state index < -0.39 is 0 Å². The lowest BCUT2D eigenvalue weighted by molar-refractivity contribution is 0.851. The molecule has 0 N–H and O–H groups in total. The smallest absolute Gasteiger partial charge is 0.00560 e. The van der Waals surface area contributed by atoms with E-state index in [0.29, 0.717) is 5.92 Å². The van der Waals surface area contributed by atoms with Gasteiger partial charge in [-0.3, -0.25) is 0 Å². The highest BCUT2D eigenvalue weighted by Crippen LogP contribution is 2.30. The van der Waals surface area contributed by atoms with Crippen LogP contribution in [0, 0.1) is 6.92 Å². The molecule has 0 spiro atoms. The van der Waals surface area contributed by atoms with Crippen molar-refractivity contribution in [3.05, 3.63) is 77.4 Å². The Bertz CT molecular complexity index is 582. The fraction of sp³-hybridized carbons (Fsp3) is 0.263.